The lowest BCUT2D eigenvalue weighted by Crippen LogP contribution is -2.13. The van der Waals surface area contributed by atoms with E-state index in [-0.39, 0.29) is 5.69 Å². The molecule has 0 unspecified atom stereocenters. The molecule has 0 aliphatic rings. The first-order valence-corrected chi connectivity index (χ1v) is 6.47. The highest BCUT2D eigenvalue weighted by Crippen LogP contribution is 2.30. The van der Waals surface area contributed by atoms with Crippen molar-refractivity contribution in [3.05, 3.63) is 65.2 Å². The molecule has 0 fully saturated rings. The van der Waals surface area contributed by atoms with Crippen LogP contribution < -0.4 is 5.32 Å². The number of nitrogens with one attached hydrogen (secondary N) is 1. The van der Waals surface area contributed by atoms with Crippen molar-refractivity contribution in [3.63, 3.8) is 0 Å². The Morgan fingerprint density at radius 3 is 2.33 bits per heavy atom. The van der Waals surface area contributed by atoms with Crippen LogP contribution in [0.1, 0.15) is 28.4 Å². The summed E-state index contributed by atoms with van der Waals surface area (Å²) >= 11 is 0. The van der Waals surface area contributed by atoms with Gasteiger partial charge in [0, 0.05) is 11.3 Å². The number of hydrogen-bond donors (Lipinski definition) is 1. The number of rotatable bonds is 3. The number of hydrogen-bond acceptors (Lipinski definition) is 1. The van der Waals surface area contributed by atoms with Crippen molar-refractivity contribution in [1.29, 1.82) is 0 Å². The average Bonchev–Trinajstić information content (AvgIpc) is 2.47. The molecule has 0 heterocycles. The summed E-state index contributed by atoms with van der Waals surface area (Å²) in [6.45, 7) is 2.00. The van der Waals surface area contributed by atoms with E-state index >= 15 is 0 Å². The Morgan fingerprint density at radius 2 is 1.76 bits per heavy atom. The van der Waals surface area contributed by atoms with Crippen molar-refractivity contribution >= 4 is 11.6 Å². The Balaban J connectivity index is 2.15. The molecule has 21 heavy (non-hydrogen) atoms. The molecular formula is C16H14F3NO. The average molecular weight is 293 g/mol. The van der Waals surface area contributed by atoms with E-state index in [0.717, 1.165) is 24.1 Å². The Kier molecular flexibility index (Phi) is 4.31. The fourth-order valence-corrected chi connectivity index (χ4v) is 1.87. The number of halogens is 3. The molecule has 0 aliphatic carbocycles. The molecule has 110 valence electrons. The van der Waals surface area contributed by atoms with E-state index in [1.165, 1.54) is 12.1 Å². The van der Waals surface area contributed by atoms with Crippen molar-refractivity contribution in [3.8, 4) is 0 Å². The van der Waals surface area contributed by atoms with Crippen LogP contribution in [0.2, 0.25) is 0 Å². The van der Waals surface area contributed by atoms with E-state index in [1.54, 1.807) is 12.1 Å². The molecule has 2 aromatic carbocycles. The Bertz CT molecular complexity index is 633. The standard InChI is InChI=1S/C16H14F3NO/c1-2-11-6-8-12(9-7-11)15(21)20-14-5-3-4-13(10-14)16(17,18)19/h3-10H,2H2,1H3,(H,20,21). The van der Waals surface area contributed by atoms with Crippen LogP contribution in [-0.2, 0) is 12.6 Å². The lowest BCUT2D eigenvalue weighted by atomic mass is 10.1. The van der Waals surface area contributed by atoms with Crippen LogP contribution in [0.5, 0.6) is 0 Å². The van der Waals surface area contributed by atoms with Gasteiger partial charge in [0.1, 0.15) is 0 Å². The predicted octanol–water partition coefficient (Wildman–Crippen LogP) is 4.52. The van der Waals surface area contributed by atoms with Gasteiger partial charge >= 0.3 is 6.18 Å². The zero-order valence-electron chi connectivity index (χ0n) is 11.4. The van der Waals surface area contributed by atoms with Gasteiger partial charge in [-0.15, -0.1) is 0 Å². The fourth-order valence-electron chi connectivity index (χ4n) is 1.87. The number of carbonyl (C=O) groups is 1. The second-order valence-corrected chi connectivity index (χ2v) is 4.58. The van der Waals surface area contributed by atoms with Crippen LogP contribution in [0.25, 0.3) is 0 Å². The molecule has 0 aromatic heterocycles. The van der Waals surface area contributed by atoms with Crippen LogP contribution in [0.3, 0.4) is 0 Å². The van der Waals surface area contributed by atoms with Gasteiger partial charge in [0.15, 0.2) is 0 Å². The fraction of sp³-hybridized carbons (Fsp3) is 0.188. The van der Waals surface area contributed by atoms with Gasteiger partial charge < -0.3 is 5.32 Å². The van der Waals surface area contributed by atoms with E-state index in [9.17, 15) is 18.0 Å². The molecule has 0 bridgehead atoms. The molecule has 2 aromatic rings. The van der Waals surface area contributed by atoms with E-state index in [4.69, 9.17) is 0 Å². The van der Waals surface area contributed by atoms with Crippen LogP contribution in [-0.4, -0.2) is 5.91 Å². The molecule has 0 saturated heterocycles. The molecule has 0 spiro atoms. The quantitative estimate of drug-likeness (QED) is 0.885. The molecule has 1 amide bonds. The monoisotopic (exact) mass is 293 g/mol. The number of carbonyl (C=O) groups excluding carboxylic acids is 1. The first-order chi connectivity index (χ1) is 9.90. The summed E-state index contributed by atoms with van der Waals surface area (Å²) in [5, 5.41) is 2.47. The molecule has 2 rings (SSSR count). The summed E-state index contributed by atoms with van der Waals surface area (Å²) < 4.78 is 37.8. The minimum atomic E-state index is -4.43. The Labute approximate surface area is 120 Å². The highest BCUT2D eigenvalue weighted by Gasteiger charge is 2.30. The molecule has 5 heteroatoms. The van der Waals surface area contributed by atoms with Gasteiger partial charge in [0.05, 0.1) is 5.56 Å². The zero-order valence-corrected chi connectivity index (χ0v) is 11.4. The van der Waals surface area contributed by atoms with Gasteiger partial charge in [-0.25, -0.2) is 0 Å². The summed E-state index contributed by atoms with van der Waals surface area (Å²) in [7, 11) is 0. The highest BCUT2D eigenvalue weighted by atomic mass is 19.4. The van der Waals surface area contributed by atoms with Crippen LogP contribution in [0, 0.1) is 0 Å². The van der Waals surface area contributed by atoms with E-state index < -0.39 is 17.6 Å². The van der Waals surface area contributed by atoms with Crippen molar-refractivity contribution in [2.75, 3.05) is 5.32 Å². The smallest absolute Gasteiger partial charge is 0.322 e. The summed E-state index contributed by atoms with van der Waals surface area (Å²) in [5.41, 5.74) is 0.825. The van der Waals surface area contributed by atoms with Gasteiger partial charge in [-0.1, -0.05) is 25.1 Å². The molecule has 1 N–H and O–H groups in total. The SMILES string of the molecule is CCc1ccc(C(=O)Nc2cccc(C(F)(F)F)c2)cc1. The van der Waals surface area contributed by atoms with Crippen molar-refractivity contribution in [1.82, 2.24) is 0 Å². The Hall–Kier alpha value is -2.30. The number of aryl methyl sites for hydroxylation is 1. The van der Waals surface area contributed by atoms with Crippen molar-refractivity contribution < 1.29 is 18.0 Å². The number of alkyl halides is 3. The van der Waals surface area contributed by atoms with E-state index in [2.05, 4.69) is 5.32 Å². The third-order valence-corrected chi connectivity index (χ3v) is 3.07. The van der Waals surface area contributed by atoms with Crippen molar-refractivity contribution in [2.45, 2.75) is 19.5 Å². The number of amides is 1. The first-order valence-electron chi connectivity index (χ1n) is 6.47. The molecule has 2 nitrogen and oxygen atoms in total. The summed E-state index contributed by atoms with van der Waals surface area (Å²) in [6, 6.07) is 11.5. The van der Waals surface area contributed by atoms with Gasteiger partial charge in [0.25, 0.3) is 5.91 Å². The largest absolute Gasteiger partial charge is 0.416 e. The highest BCUT2D eigenvalue weighted by molar-refractivity contribution is 6.04. The Morgan fingerprint density at radius 1 is 1.10 bits per heavy atom. The number of benzene rings is 2. The van der Waals surface area contributed by atoms with Crippen molar-refractivity contribution in [2.24, 2.45) is 0 Å². The molecule has 0 radical (unpaired) electrons. The summed E-state index contributed by atoms with van der Waals surface area (Å²) in [4.78, 5) is 12.0. The van der Waals surface area contributed by atoms with E-state index in [1.807, 2.05) is 19.1 Å². The molecule has 0 aliphatic heterocycles. The normalized spacial score (nSPS) is 11.2. The molecule has 0 saturated carbocycles. The van der Waals surface area contributed by atoms with Crippen LogP contribution >= 0.6 is 0 Å². The van der Waals surface area contributed by atoms with Gasteiger partial charge in [0.2, 0.25) is 0 Å². The maximum absolute atomic E-state index is 12.6. The molecule has 0 atom stereocenters. The van der Waals surface area contributed by atoms with Gasteiger partial charge in [-0.05, 0) is 42.3 Å². The van der Waals surface area contributed by atoms with E-state index in [0.29, 0.717) is 5.56 Å². The third-order valence-electron chi connectivity index (χ3n) is 3.07. The first kappa shape index (κ1) is 15.1. The molecular weight excluding hydrogens is 279 g/mol. The third kappa shape index (κ3) is 3.84. The summed E-state index contributed by atoms with van der Waals surface area (Å²) in [5.74, 6) is -0.433. The number of anilines is 1. The minimum absolute atomic E-state index is 0.120. The van der Waals surface area contributed by atoms with Crippen LogP contribution in [0.4, 0.5) is 18.9 Å². The second-order valence-electron chi connectivity index (χ2n) is 4.58. The van der Waals surface area contributed by atoms with Gasteiger partial charge in [-0.2, -0.15) is 13.2 Å². The lowest BCUT2D eigenvalue weighted by Gasteiger charge is -2.10. The van der Waals surface area contributed by atoms with Crippen LogP contribution in [0.15, 0.2) is 48.5 Å². The zero-order chi connectivity index (χ0) is 15.5. The summed E-state index contributed by atoms with van der Waals surface area (Å²) in [6.07, 6.45) is -3.57. The minimum Gasteiger partial charge on any atom is -0.322 e. The maximum atomic E-state index is 12.6. The lowest BCUT2D eigenvalue weighted by molar-refractivity contribution is -0.137. The topological polar surface area (TPSA) is 29.1 Å². The maximum Gasteiger partial charge on any atom is 0.416 e. The predicted molar refractivity (Wildman–Crippen MR) is 75.2 cm³/mol. The van der Waals surface area contributed by atoms with Gasteiger partial charge in [-0.3, -0.25) is 4.79 Å². The second kappa shape index (κ2) is 5.99.